The first-order valence-electron chi connectivity index (χ1n) is 11.4. The molecule has 0 bridgehead atoms. The smallest absolute Gasteiger partial charge is 0.274 e. The zero-order valence-electron chi connectivity index (χ0n) is 19.2. The molecule has 0 radical (unpaired) electrons. The Morgan fingerprint density at radius 2 is 1.97 bits per heavy atom. The first-order chi connectivity index (χ1) is 15.3. The third kappa shape index (κ3) is 3.36. The van der Waals surface area contributed by atoms with Crippen LogP contribution in [0.25, 0.3) is 5.69 Å². The van der Waals surface area contributed by atoms with Crippen molar-refractivity contribution in [2.24, 2.45) is 0 Å². The number of fused-ring (bicyclic) bond motifs is 4. The maximum Gasteiger partial charge on any atom is 0.274 e. The fourth-order valence-corrected chi connectivity index (χ4v) is 4.83. The lowest BCUT2D eigenvalue weighted by Crippen LogP contribution is -2.51. The van der Waals surface area contributed by atoms with Crippen molar-refractivity contribution >= 4 is 11.6 Å². The van der Waals surface area contributed by atoms with Crippen molar-refractivity contribution < 1.29 is 9.53 Å². The van der Waals surface area contributed by atoms with Crippen LogP contribution in [0.3, 0.4) is 0 Å². The summed E-state index contributed by atoms with van der Waals surface area (Å²) in [5.41, 5.74) is 4.64. The van der Waals surface area contributed by atoms with E-state index in [0.29, 0.717) is 25.4 Å². The van der Waals surface area contributed by atoms with Crippen LogP contribution in [-0.2, 0) is 11.0 Å². The minimum absolute atomic E-state index is 0.00294. The lowest BCUT2D eigenvalue weighted by molar-refractivity contribution is 0.0670. The van der Waals surface area contributed by atoms with E-state index < -0.39 is 0 Å². The Kier molecular flexibility index (Phi) is 4.80. The average molecular weight is 434 g/mol. The lowest BCUT2D eigenvalue weighted by atomic mass is 9.82. The molecule has 1 fully saturated rings. The second-order valence-electron chi connectivity index (χ2n) is 9.79. The van der Waals surface area contributed by atoms with Crippen molar-refractivity contribution in [1.82, 2.24) is 19.7 Å². The molecule has 0 aliphatic carbocycles. The fraction of sp³-hybridized carbons (Fsp3) is 0.440. The van der Waals surface area contributed by atoms with Gasteiger partial charge in [-0.05, 0) is 50.1 Å². The van der Waals surface area contributed by atoms with Crippen molar-refractivity contribution in [3.05, 3.63) is 59.7 Å². The quantitative estimate of drug-likeness (QED) is 0.640. The summed E-state index contributed by atoms with van der Waals surface area (Å²) < 4.78 is 7.99. The molecule has 2 aliphatic rings. The lowest BCUT2D eigenvalue weighted by Gasteiger charge is -2.46. The third-order valence-corrected chi connectivity index (χ3v) is 6.66. The highest BCUT2D eigenvalue weighted by atomic mass is 16.5. The molecule has 32 heavy (non-hydrogen) atoms. The van der Waals surface area contributed by atoms with Gasteiger partial charge in [0, 0.05) is 42.2 Å². The van der Waals surface area contributed by atoms with Gasteiger partial charge in [0.15, 0.2) is 0 Å². The number of carbonyl (C=O) groups excluding carboxylic acids is 1. The van der Waals surface area contributed by atoms with E-state index >= 15 is 0 Å². The van der Waals surface area contributed by atoms with Crippen LogP contribution in [-0.4, -0.2) is 45.3 Å². The summed E-state index contributed by atoms with van der Waals surface area (Å²) in [4.78, 5) is 15.0. The minimum atomic E-state index is -0.208. The van der Waals surface area contributed by atoms with Gasteiger partial charge in [0.2, 0.25) is 0 Å². The normalized spacial score (nSPS) is 16.9. The predicted octanol–water partition coefficient (Wildman–Crippen LogP) is 4.45. The van der Waals surface area contributed by atoms with Crippen molar-refractivity contribution in [1.29, 1.82) is 0 Å². The third-order valence-electron chi connectivity index (χ3n) is 6.66. The summed E-state index contributed by atoms with van der Waals surface area (Å²) >= 11 is 0. The maximum atomic E-state index is 13.1. The number of amides is 1. The topological polar surface area (TPSA) is 75.2 Å². The van der Waals surface area contributed by atoms with Gasteiger partial charge in [-0.2, -0.15) is 5.10 Å². The zero-order valence-corrected chi connectivity index (χ0v) is 19.2. The molecule has 1 amide bonds. The zero-order chi connectivity index (χ0) is 22.5. The number of carbonyl (C=O) groups is 1. The van der Waals surface area contributed by atoms with E-state index in [-0.39, 0.29) is 16.9 Å². The number of aromatic amines is 1. The van der Waals surface area contributed by atoms with E-state index in [2.05, 4.69) is 71.3 Å². The largest absolute Gasteiger partial charge is 0.494 e. The van der Waals surface area contributed by atoms with Crippen molar-refractivity contribution in [2.45, 2.75) is 51.5 Å². The van der Waals surface area contributed by atoms with Gasteiger partial charge in [0.25, 0.3) is 5.91 Å². The number of hydrogen-bond donors (Lipinski definition) is 2. The molecule has 7 nitrogen and oxygen atoms in total. The minimum Gasteiger partial charge on any atom is -0.494 e. The number of likely N-dealkylation sites (tertiary alicyclic amines) is 1. The molecule has 1 aromatic carbocycles. The molecule has 168 valence electrons. The number of aromatic nitrogens is 3. The van der Waals surface area contributed by atoms with E-state index in [1.54, 1.807) is 0 Å². The van der Waals surface area contributed by atoms with Crippen LogP contribution < -0.4 is 10.1 Å². The Bertz CT molecular complexity index is 1150. The number of nitrogens with zero attached hydrogens (tertiary/aromatic N) is 3. The van der Waals surface area contributed by atoms with E-state index in [4.69, 9.17) is 4.74 Å². The molecule has 2 N–H and O–H groups in total. The number of anilines is 1. The Labute approximate surface area is 188 Å². The van der Waals surface area contributed by atoms with Crippen LogP contribution in [0.5, 0.6) is 5.75 Å². The molecular formula is C25H31N5O2. The van der Waals surface area contributed by atoms with Gasteiger partial charge in [0.1, 0.15) is 11.4 Å². The summed E-state index contributed by atoms with van der Waals surface area (Å²) in [6, 6.07) is 12.4. The first-order valence-corrected chi connectivity index (χ1v) is 11.4. The molecule has 7 heteroatoms. The van der Waals surface area contributed by atoms with Gasteiger partial charge < -0.3 is 19.5 Å². The van der Waals surface area contributed by atoms with Crippen molar-refractivity contribution in [2.75, 3.05) is 25.0 Å². The monoisotopic (exact) mass is 433 g/mol. The number of hydrogen-bond acceptors (Lipinski definition) is 4. The van der Waals surface area contributed by atoms with E-state index in [1.165, 1.54) is 5.69 Å². The van der Waals surface area contributed by atoms with Crippen molar-refractivity contribution in [3.8, 4) is 11.4 Å². The molecule has 2 aromatic heterocycles. The van der Waals surface area contributed by atoms with E-state index in [1.807, 2.05) is 24.0 Å². The molecule has 0 atom stereocenters. The number of H-pyrrole nitrogens is 1. The molecule has 2 aliphatic heterocycles. The summed E-state index contributed by atoms with van der Waals surface area (Å²) in [5, 5.41) is 11.1. The van der Waals surface area contributed by atoms with Gasteiger partial charge in [0.05, 0.1) is 23.5 Å². The second-order valence-corrected chi connectivity index (χ2v) is 9.79. The maximum absolute atomic E-state index is 13.1. The molecule has 4 heterocycles. The number of rotatable bonds is 3. The van der Waals surface area contributed by atoms with Gasteiger partial charge in [-0.1, -0.05) is 20.8 Å². The van der Waals surface area contributed by atoms with Crippen LogP contribution >= 0.6 is 0 Å². The highest BCUT2D eigenvalue weighted by molar-refractivity contribution is 5.92. The SMILES string of the molecule is CCOc1ccc2c(c1)NC1(CCN(C(=O)c3cc(C(C)(C)C)[nH]n3)CC1)c1cccn1-2. The molecule has 5 rings (SSSR count). The van der Waals surface area contributed by atoms with E-state index in [0.717, 1.165) is 35.7 Å². The van der Waals surface area contributed by atoms with Crippen LogP contribution in [0.15, 0.2) is 42.6 Å². The molecule has 0 unspecified atom stereocenters. The first kappa shape index (κ1) is 20.7. The molecular weight excluding hydrogens is 402 g/mol. The van der Waals surface area contributed by atoms with Gasteiger partial charge in [-0.25, -0.2) is 0 Å². The Morgan fingerprint density at radius 1 is 1.19 bits per heavy atom. The fourth-order valence-electron chi connectivity index (χ4n) is 4.83. The van der Waals surface area contributed by atoms with E-state index in [9.17, 15) is 4.79 Å². The molecule has 0 saturated carbocycles. The number of benzene rings is 1. The Balaban J connectivity index is 1.37. The van der Waals surface area contributed by atoms with Crippen molar-refractivity contribution in [3.63, 3.8) is 0 Å². The molecule has 3 aromatic rings. The van der Waals surface area contributed by atoms with Crippen LogP contribution in [0.2, 0.25) is 0 Å². The summed E-state index contributed by atoms with van der Waals surface area (Å²) in [6.45, 7) is 10.3. The number of ether oxygens (including phenoxy) is 1. The highest BCUT2D eigenvalue weighted by Gasteiger charge is 2.42. The second kappa shape index (κ2) is 7.43. The van der Waals surface area contributed by atoms with Crippen LogP contribution in [0.4, 0.5) is 5.69 Å². The summed E-state index contributed by atoms with van der Waals surface area (Å²) in [5.74, 6) is 0.863. The predicted molar refractivity (Wildman–Crippen MR) is 125 cm³/mol. The highest BCUT2D eigenvalue weighted by Crippen LogP contribution is 2.44. The number of piperidine rings is 1. The molecule has 1 spiro atoms. The van der Waals surface area contributed by atoms with Gasteiger partial charge in [-0.3, -0.25) is 9.89 Å². The Morgan fingerprint density at radius 3 is 2.66 bits per heavy atom. The van der Waals surface area contributed by atoms with Crippen LogP contribution in [0, 0.1) is 0 Å². The average Bonchev–Trinajstić information content (AvgIpc) is 3.45. The standard InChI is InChI=1S/C25H31N5O2/c1-5-32-17-8-9-20-18(15-17)26-25(22-7-6-12-30(20)22)10-13-29(14-11-25)23(31)19-16-21(28-27-19)24(2,3)4/h6-9,12,15-16,26H,5,10-11,13-14H2,1-4H3,(H,27,28). The summed E-state index contributed by atoms with van der Waals surface area (Å²) in [7, 11) is 0. The summed E-state index contributed by atoms with van der Waals surface area (Å²) in [6.07, 6.45) is 3.78. The van der Waals surface area contributed by atoms with Gasteiger partial charge in [-0.15, -0.1) is 0 Å². The van der Waals surface area contributed by atoms with Gasteiger partial charge >= 0.3 is 0 Å². The number of nitrogens with one attached hydrogen (secondary N) is 2. The molecule has 1 saturated heterocycles. The van der Waals surface area contributed by atoms with Crippen LogP contribution in [0.1, 0.15) is 62.4 Å². The Hall–Kier alpha value is -3.22.